The predicted octanol–water partition coefficient (Wildman–Crippen LogP) is 1.11. The van der Waals surface area contributed by atoms with Crippen molar-refractivity contribution in [1.29, 1.82) is 0 Å². The van der Waals surface area contributed by atoms with Gasteiger partial charge in [-0.3, -0.25) is 4.79 Å². The van der Waals surface area contributed by atoms with Crippen LogP contribution in [-0.4, -0.2) is 39.4 Å². The minimum absolute atomic E-state index is 0.000952. The Hall–Kier alpha value is -1.31. The number of nitrogens with two attached hydrogens (primary N) is 1. The Kier molecular flexibility index (Phi) is 5.16. The van der Waals surface area contributed by atoms with E-state index in [0.29, 0.717) is 0 Å². The summed E-state index contributed by atoms with van der Waals surface area (Å²) in [5, 5.41) is 0.272. The highest BCUT2D eigenvalue weighted by atomic mass is 35.5. The quantitative estimate of drug-likeness (QED) is 0.650. The maximum absolute atomic E-state index is 12.2. The van der Waals surface area contributed by atoms with Gasteiger partial charge in [0, 0.05) is 18.6 Å². The number of halogens is 1. The summed E-state index contributed by atoms with van der Waals surface area (Å²) in [6.45, 7) is 0.000952. The van der Waals surface area contributed by atoms with E-state index in [1.54, 1.807) is 0 Å². The molecular formula is C11H15ClN2O4S. The summed E-state index contributed by atoms with van der Waals surface area (Å²) in [5.74, 6) is -0.485. The van der Waals surface area contributed by atoms with Crippen molar-refractivity contribution in [1.82, 2.24) is 4.31 Å². The van der Waals surface area contributed by atoms with Crippen LogP contribution in [0, 0.1) is 0 Å². The third-order valence-electron chi connectivity index (χ3n) is 2.52. The number of nitrogens with zero attached hydrogens (tertiary/aromatic N) is 1. The molecule has 106 valence electrons. The lowest BCUT2D eigenvalue weighted by Gasteiger charge is -2.17. The zero-order valence-electron chi connectivity index (χ0n) is 10.6. The molecule has 0 aliphatic carbocycles. The first-order chi connectivity index (χ1) is 8.78. The van der Waals surface area contributed by atoms with Gasteiger partial charge in [-0.1, -0.05) is 11.6 Å². The number of hydrogen-bond donors (Lipinski definition) is 1. The molecule has 0 aliphatic heterocycles. The van der Waals surface area contributed by atoms with E-state index in [1.807, 2.05) is 0 Å². The van der Waals surface area contributed by atoms with Crippen LogP contribution in [0.4, 0.5) is 5.69 Å². The molecule has 8 heteroatoms. The van der Waals surface area contributed by atoms with Gasteiger partial charge < -0.3 is 10.5 Å². The highest BCUT2D eigenvalue weighted by Gasteiger charge is 2.24. The Morgan fingerprint density at radius 3 is 2.68 bits per heavy atom. The normalized spacial score (nSPS) is 11.6. The largest absolute Gasteiger partial charge is 0.469 e. The second kappa shape index (κ2) is 6.23. The third kappa shape index (κ3) is 3.82. The molecule has 1 rings (SSSR count). The van der Waals surface area contributed by atoms with Crippen molar-refractivity contribution in [3.63, 3.8) is 0 Å². The standard InChI is InChI=1S/C11H15ClN2O4S/c1-14(6-5-11(15)18-2)19(16,17)10-7-8(12)3-4-9(10)13/h3-4,7H,5-6,13H2,1-2H3. The lowest BCUT2D eigenvalue weighted by atomic mass is 10.3. The van der Waals surface area contributed by atoms with E-state index < -0.39 is 16.0 Å². The summed E-state index contributed by atoms with van der Waals surface area (Å²) in [6.07, 6.45) is -0.0350. The molecular weight excluding hydrogens is 292 g/mol. The van der Waals surface area contributed by atoms with Crippen molar-refractivity contribution < 1.29 is 17.9 Å². The van der Waals surface area contributed by atoms with Crippen LogP contribution in [0.25, 0.3) is 0 Å². The lowest BCUT2D eigenvalue weighted by Crippen LogP contribution is -2.30. The first-order valence-corrected chi connectivity index (χ1v) is 7.19. The molecule has 0 unspecified atom stereocenters. The maximum Gasteiger partial charge on any atom is 0.306 e. The van der Waals surface area contributed by atoms with Crippen LogP contribution >= 0.6 is 11.6 Å². The monoisotopic (exact) mass is 306 g/mol. The predicted molar refractivity (Wildman–Crippen MR) is 72.3 cm³/mol. The van der Waals surface area contributed by atoms with E-state index in [-0.39, 0.29) is 28.6 Å². The number of anilines is 1. The molecule has 0 aromatic heterocycles. The van der Waals surface area contributed by atoms with Crippen molar-refractivity contribution in [3.8, 4) is 0 Å². The Balaban J connectivity index is 2.97. The number of rotatable bonds is 5. The Bertz CT molecular complexity index is 574. The molecule has 0 atom stereocenters. The second-order valence-corrected chi connectivity index (χ2v) is 6.28. The maximum atomic E-state index is 12.2. The van der Waals surface area contributed by atoms with E-state index in [0.717, 1.165) is 4.31 Å². The SMILES string of the molecule is COC(=O)CCN(C)S(=O)(=O)c1cc(Cl)ccc1N. The molecule has 6 nitrogen and oxygen atoms in total. The summed E-state index contributed by atoms with van der Waals surface area (Å²) in [5.41, 5.74) is 5.75. The number of nitrogen functional groups attached to an aromatic ring is 1. The van der Waals surface area contributed by atoms with Crippen LogP contribution in [0.5, 0.6) is 0 Å². The molecule has 0 spiro atoms. The zero-order chi connectivity index (χ0) is 14.6. The van der Waals surface area contributed by atoms with Gasteiger partial charge in [-0.2, -0.15) is 0 Å². The van der Waals surface area contributed by atoms with Crippen LogP contribution in [0.2, 0.25) is 5.02 Å². The minimum atomic E-state index is -3.78. The summed E-state index contributed by atoms with van der Waals surface area (Å²) < 4.78 is 30.0. The van der Waals surface area contributed by atoms with Crippen molar-refractivity contribution in [3.05, 3.63) is 23.2 Å². The number of sulfonamides is 1. The number of carbonyl (C=O) groups excluding carboxylic acids is 1. The van der Waals surface area contributed by atoms with E-state index in [9.17, 15) is 13.2 Å². The Morgan fingerprint density at radius 1 is 1.47 bits per heavy atom. The van der Waals surface area contributed by atoms with Crippen molar-refractivity contribution >= 4 is 33.3 Å². The van der Waals surface area contributed by atoms with Gasteiger partial charge in [-0.05, 0) is 18.2 Å². The molecule has 19 heavy (non-hydrogen) atoms. The average molecular weight is 307 g/mol. The smallest absolute Gasteiger partial charge is 0.306 e. The number of methoxy groups -OCH3 is 1. The molecule has 0 radical (unpaired) electrons. The number of benzene rings is 1. The number of ether oxygens (including phenoxy) is 1. The van der Waals surface area contributed by atoms with E-state index in [4.69, 9.17) is 17.3 Å². The first-order valence-electron chi connectivity index (χ1n) is 5.37. The van der Waals surface area contributed by atoms with Crippen molar-refractivity contribution in [2.75, 3.05) is 26.4 Å². The van der Waals surface area contributed by atoms with Gasteiger partial charge >= 0.3 is 5.97 Å². The summed E-state index contributed by atoms with van der Waals surface area (Å²) in [6, 6.07) is 4.20. The van der Waals surface area contributed by atoms with Gasteiger partial charge in [-0.15, -0.1) is 0 Å². The first kappa shape index (κ1) is 15.7. The summed E-state index contributed by atoms with van der Waals surface area (Å²) in [4.78, 5) is 10.9. The molecule has 0 fully saturated rings. The summed E-state index contributed by atoms with van der Waals surface area (Å²) >= 11 is 5.76. The van der Waals surface area contributed by atoms with Crippen LogP contribution in [0.1, 0.15) is 6.42 Å². The number of hydrogen-bond acceptors (Lipinski definition) is 5. The van der Waals surface area contributed by atoms with Gasteiger partial charge in [0.1, 0.15) is 4.90 Å². The molecule has 2 N–H and O–H groups in total. The third-order valence-corrected chi connectivity index (χ3v) is 4.67. The molecule has 0 amide bonds. The molecule has 0 saturated heterocycles. The van der Waals surface area contributed by atoms with Crippen LogP contribution in [0.15, 0.2) is 23.1 Å². The Labute approximate surface area is 117 Å². The van der Waals surface area contributed by atoms with Gasteiger partial charge in [0.25, 0.3) is 0 Å². The minimum Gasteiger partial charge on any atom is -0.469 e. The fourth-order valence-electron chi connectivity index (χ4n) is 1.37. The van der Waals surface area contributed by atoms with E-state index in [2.05, 4.69) is 4.74 Å². The van der Waals surface area contributed by atoms with Gasteiger partial charge in [0.05, 0.1) is 19.2 Å². The second-order valence-electron chi connectivity index (χ2n) is 3.83. The van der Waals surface area contributed by atoms with Crippen LogP contribution in [-0.2, 0) is 19.6 Å². The Morgan fingerprint density at radius 2 is 2.11 bits per heavy atom. The fraction of sp³-hybridized carbons (Fsp3) is 0.364. The molecule has 0 bridgehead atoms. The van der Waals surface area contributed by atoms with E-state index >= 15 is 0 Å². The van der Waals surface area contributed by atoms with Crippen LogP contribution < -0.4 is 5.73 Å². The number of esters is 1. The highest BCUT2D eigenvalue weighted by Crippen LogP contribution is 2.25. The topological polar surface area (TPSA) is 89.7 Å². The van der Waals surface area contributed by atoms with Gasteiger partial charge in [0.15, 0.2) is 0 Å². The van der Waals surface area contributed by atoms with Crippen molar-refractivity contribution in [2.24, 2.45) is 0 Å². The molecule has 0 heterocycles. The highest BCUT2D eigenvalue weighted by molar-refractivity contribution is 7.89. The van der Waals surface area contributed by atoms with Crippen LogP contribution in [0.3, 0.4) is 0 Å². The van der Waals surface area contributed by atoms with Gasteiger partial charge in [0.2, 0.25) is 10.0 Å². The number of carbonyl (C=O) groups is 1. The lowest BCUT2D eigenvalue weighted by molar-refractivity contribution is -0.140. The van der Waals surface area contributed by atoms with Gasteiger partial charge in [-0.25, -0.2) is 12.7 Å². The molecule has 1 aromatic rings. The fourth-order valence-corrected chi connectivity index (χ4v) is 2.92. The molecule has 0 saturated carbocycles. The zero-order valence-corrected chi connectivity index (χ0v) is 12.2. The van der Waals surface area contributed by atoms with Crippen molar-refractivity contribution in [2.45, 2.75) is 11.3 Å². The van der Waals surface area contributed by atoms with E-state index in [1.165, 1.54) is 32.4 Å². The molecule has 0 aliphatic rings. The molecule has 1 aromatic carbocycles. The average Bonchev–Trinajstić information content (AvgIpc) is 2.37. The summed E-state index contributed by atoms with van der Waals surface area (Å²) in [7, 11) is -1.18.